The van der Waals surface area contributed by atoms with Crippen molar-refractivity contribution in [2.45, 2.75) is 27.3 Å². The van der Waals surface area contributed by atoms with E-state index in [1.165, 1.54) is 26.8 Å². The van der Waals surface area contributed by atoms with Crippen molar-refractivity contribution in [1.82, 2.24) is 5.32 Å². The van der Waals surface area contributed by atoms with Crippen LogP contribution in [0.2, 0.25) is 0 Å². The molecule has 1 aromatic rings. The highest BCUT2D eigenvalue weighted by Gasteiger charge is 2.00. The monoisotopic (exact) mass is 229 g/mol. The summed E-state index contributed by atoms with van der Waals surface area (Å²) in [7, 11) is 0. The Morgan fingerprint density at radius 1 is 1.43 bits per heavy atom. The molecule has 3 heteroatoms. The van der Waals surface area contributed by atoms with Gasteiger partial charge in [0, 0.05) is 28.6 Å². The summed E-state index contributed by atoms with van der Waals surface area (Å²) in [5.41, 5.74) is 1.43. The van der Waals surface area contributed by atoms with E-state index < -0.39 is 0 Å². The van der Waals surface area contributed by atoms with Crippen molar-refractivity contribution in [1.29, 1.82) is 0 Å². The molecule has 1 aromatic heterocycles. The first-order valence-corrected chi connectivity index (χ1v) is 7.05. The maximum Gasteiger partial charge on any atom is 0.0300 e. The van der Waals surface area contributed by atoms with Gasteiger partial charge in [-0.25, -0.2) is 0 Å². The van der Waals surface area contributed by atoms with Gasteiger partial charge in [-0.15, -0.1) is 11.3 Å². The fourth-order valence-corrected chi connectivity index (χ4v) is 2.84. The lowest BCUT2D eigenvalue weighted by Gasteiger charge is -2.01. The van der Waals surface area contributed by atoms with E-state index >= 15 is 0 Å². The number of rotatable bonds is 6. The van der Waals surface area contributed by atoms with E-state index in [9.17, 15) is 0 Å². The molecule has 0 fully saturated rings. The maximum absolute atomic E-state index is 3.47. The third kappa shape index (κ3) is 4.03. The molecule has 1 heterocycles. The van der Waals surface area contributed by atoms with Crippen LogP contribution >= 0.6 is 23.1 Å². The number of hydrogen-bond acceptors (Lipinski definition) is 3. The number of hydrogen-bond donors (Lipinski definition) is 1. The van der Waals surface area contributed by atoms with Crippen LogP contribution in [0.5, 0.6) is 0 Å². The molecule has 0 aliphatic heterocycles. The minimum Gasteiger partial charge on any atom is -0.311 e. The molecule has 1 nitrogen and oxygen atoms in total. The lowest BCUT2D eigenvalue weighted by Crippen LogP contribution is -2.15. The Morgan fingerprint density at radius 2 is 2.21 bits per heavy atom. The first-order valence-electron chi connectivity index (χ1n) is 5.08. The Kier molecular flexibility index (Phi) is 5.60. The number of aryl methyl sites for hydroxylation is 2. The highest BCUT2D eigenvalue weighted by atomic mass is 32.2. The second kappa shape index (κ2) is 6.49. The van der Waals surface area contributed by atoms with E-state index in [0.717, 1.165) is 13.1 Å². The maximum atomic E-state index is 3.47. The smallest absolute Gasteiger partial charge is 0.0300 e. The molecule has 0 radical (unpaired) electrons. The average Bonchev–Trinajstić information content (AvgIpc) is 2.46. The van der Waals surface area contributed by atoms with Gasteiger partial charge in [0.15, 0.2) is 0 Å². The van der Waals surface area contributed by atoms with Crippen molar-refractivity contribution in [3.05, 3.63) is 21.4 Å². The molecular weight excluding hydrogens is 210 g/mol. The molecule has 0 spiro atoms. The van der Waals surface area contributed by atoms with E-state index in [1.807, 2.05) is 23.1 Å². The Labute approximate surface area is 95.3 Å². The zero-order valence-electron chi connectivity index (χ0n) is 9.22. The fraction of sp³-hybridized carbons (Fsp3) is 0.636. The van der Waals surface area contributed by atoms with Crippen molar-refractivity contribution in [2.75, 3.05) is 18.1 Å². The molecule has 0 atom stereocenters. The van der Waals surface area contributed by atoms with Crippen LogP contribution in [0.25, 0.3) is 0 Å². The van der Waals surface area contributed by atoms with E-state index in [-0.39, 0.29) is 0 Å². The molecule has 14 heavy (non-hydrogen) atoms. The largest absolute Gasteiger partial charge is 0.311 e. The van der Waals surface area contributed by atoms with Gasteiger partial charge in [-0.2, -0.15) is 11.8 Å². The zero-order valence-corrected chi connectivity index (χ0v) is 10.9. The molecule has 1 N–H and O–H groups in total. The van der Waals surface area contributed by atoms with Gasteiger partial charge in [-0.1, -0.05) is 6.92 Å². The van der Waals surface area contributed by atoms with Gasteiger partial charge >= 0.3 is 0 Å². The zero-order chi connectivity index (χ0) is 10.4. The van der Waals surface area contributed by atoms with Crippen LogP contribution < -0.4 is 5.32 Å². The van der Waals surface area contributed by atoms with Gasteiger partial charge in [0.2, 0.25) is 0 Å². The summed E-state index contributed by atoms with van der Waals surface area (Å²) >= 11 is 3.90. The standard InChI is InChI=1S/C11H19NS2/c1-4-13-6-5-12-8-11-7-9(2)10(3)14-11/h7,12H,4-6,8H2,1-3H3. The number of nitrogens with one attached hydrogen (secondary N) is 1. The summed E-state index contributed by atoms with van der Waals surface area (Å²) in [5, 5.41) is 3.47. The SMILES string of the molecule is CCSCCNCc1cc(C)c(C)s1. The van der Waals surface area contributed by atoms with Crippen molar-refractivity contribution in [2.24, 2.45) is 0 Å². The molecule has 80 valence electrons. The summed E-state index contributed by atoms with van der Waals surface area (Å²) < 4.78 is 0. The second-order valence-electron chi connectivity index (χ2n) is 3.33. The van der Waals surface area contributed by atoms with Crippen LogP contribution in [0.3, 0.4) is 0 Å². The summed E-state index contributed by atoms with van der Waals surface area (Å²) in [5.74, 6) is 2.44. The molecule has 0 unspecified atom stereocenters. The normalized spacial score (nSPS) is 10.8. The van der Waals surface area contributed by atoms with Crippen molar-refractivity contribution >= 4 is 23.1 Å². The van der Waals surface area contributed by atoms with Crippen LogP contribution in [-0.4, -0.2) is 18.1 Å². The lowest BCUT2D eigenvalue weighted by molar-refractivity contribution is 0.741. The topological polar surface area (TPSA) is 12.0 Å². The van der Waals surface area contributed by atoms with Crippen LogP contribution in [0.1, 0.15) is 22.2 Å². The lowest BCUT2D eigenvalue weighted by atomic mass is 10.3. The van der Waals surface area contributed by atoms with Crippen LogP contribution in [0.4, 0.5) is 0 Å². The van der Waals surface area contributed by atoms with Gasteiger partial charge in [-0.05, 0) is 31.2 Å². The van der Waals surface area contributed by atoms with Gasteiger partial charge in [0.1, 0.15) is 0 Å². The summed E-state index contributed by atoms with van der Waals surface area (Å²) in [6.45, 7) is 8.73. The number of thiophene rings is 1. The molecule has 0 aliphatic rings. The average molecular weight is 229 g/mol. The van der Waals surface area contributed by atoms with E-state index in [0.29, 0.717) is 0 Å². The van der Waals surface area contributed by atoms with E-state index in [2.05, 4.69) is 32.2 Å². The number of thioether (sulfide) groups is 1. The Hall–Kier alpha value is 0.01000. The third-order valence-corrected chi connectivity index (χ3v) is 4.20. The first-order chi connectivity index (χ1) is 6.74. The Morgan fingerprint density at radius 3 is 2.79 bits per heavy atom. The quantitative estimate of drug-likeness (QED) is 0.752. The van der Waals surface area contributed by atoms with Crippen LogP contribution in [-0.2, 0) is 6.54 Å². The Bertz CT molecular complexity index is 249. The van der Waals surface area contributed by atoms with Crippen LogP contribution in [0, 0.1) is 13.8 Å². The van der Waals surface area contributed by atoms with Gasteiger partial charge in [0.25, 0.3) is 0 Å². The highest BCUT2D eigenvalue weighted by Crippen LogP contribution is 2.20. The van der Waals surface area contributed by atoms with Crippen molar-refractivity contribution in [3.8, 4) is 0 Å². The first kappa shape index (κ1) is 12.1. The second-order valence-corrected chi connectivity index (χ2v) is 6.06. The van der Waals surface area contributed by atoms with Gasteiger partial charge in [0.05, 0.1) is 0 Å². The van der Waals surface area contributed by atoms with Crippen molar-refractivity contribution in [3.63, 3.8) is 0 Å². The Balaban J connectivity index is 2.18. The molecule has 1 rings (SSSR count). The van der Waals surface area contributed by atoms with E-state index in [1.54, 1.807) is 0 Å². The highest BCUT2D eigenvalue weighted by molar-refractivity contribution is 7.99. The summed E-state index contributed by atoms with van der Waals surface area (Å²) in [6, 6.07) is 2.29. The molecule has 0 saturated heterocycles. The van der Waals surface area contributed by atoms with Crippen molar-refractivity contribution < 1.29 is 0 Å². The predicted molar refractivity (Wildman–Crippen MR) is 68.5 cm³/mol. The minimum atomic E-state index is 1.03. The molecule has 0 amide bonds. The summed E-state index contributed by atoms with van der Waals surface area (Å²) in [4.78, 5) is 2.91. The van der Waals surface area contributed by atoms with Gasteiger partial charge in [-0.3, -0.25) is 0 Å². The third-order valence-electron chi connectivity index (χ3n) is 2.14. The molecule has 0 bridgehead atoms. The summed E-state index contributed by atoms with van der Waals surface area (Å²) in [6.07, 6.45) is 0. The molecular formula is C11H19NS2. The fourth-order valence-electron chi connectivity index (χ4n) is 1.24. The minimum absolute atomic E-state index is 1.03. The molecule has 0 saturated carbocycles. The molecule has 0 aliphatic carbocycles. The predicted octanol–water partition coefficient (Wildman–Crippen LogP) is 3.21. The molecule has 0 aromatic carbocycles. The van der Waals surface area contributed by atoms with E-state index in [4.69, 9.17) is 0 Å². The van der Waals surface area contributed by atoms with Gasteiger partial charge < -0.3 is 5.32 Å². The van der Waals surface area contributed by atoms with Crippen LogP contribution in [0.15, 0.2) is 6.07 Å².